The van der Waals surface area contributed by atoms with Gasteiger partial charge in [-0.05, 0) is 30.5 Å². The summed E-state index contributed by atoms with van der Waals surface area (Å²) in [6.45, 7) is 1.36. The Labute approximate surface area is 151 Å². The van der Waals surface area contributed by atoms with E-state index < -0.39 is 0 Å². The third-order valence-electron chi connectivity index (χ3n) is 4.42. The van der Waals surface area contributed by atoms with E-state index in [1.54, 1.807) is 11.3 Å². The van der Waals surface area contributed by atoms with Gasteiger partial charge in [-0.1, -0.05) is 53.8 Å². The van der Waals surface area contributed by atoms with Crippen molar-refractivity contribution in [1.29, 1.82) is 0 Å². The summed E-state index contributed by atoms with van der Waals surface area (Å²) in [5.74, 6) is 0.0701. The average Bonchev–Trinajstić information content (AvgIpc) is 3.29. The van der Waals surface area contributed by atoms with Crippen molar-refractivity contribution in [3.05, 3.63) is 60.2 Å². The maximum atomic E-state index is 13.0. The zero-order valence-corrected chi connectivity index (χ0v) is 14.7. The molecule has 0 spiro atoms. The molecule has 1 atom stereocenters. The Morgan fingerprint density at radius 1 is 1.16 bits per heavy atom. The van der Waals surface area contributed by atoms with Gasteiger partial charge in [0.2, 0.25) is 5.91 Å². The van der Waals surface area contributed by atoms with Crippen LogP contribution in [-0.2, 0) is 16.0 Å². The Kier molecular flexibility index (Phi) is 4.76. The summed E-state index contributed by atoms with van der Waals surface area (Å²) >= 11 is 1.57. The Balaban J connectivity index is 1.61. The van der Waals surface area contributed by atoms with E-state index in [0.717, 1.165) is 40.4 Å². The molecular formula is C20H20N2O2S. The van der Waals surface area contributed by atoms with E-state index in [1.807, 2.05) is 59.5 Å². The molecule has 0 radical (unpaired) electrons. The van der Waals surface area contributed by atoms with Crippen LogP contribution in [-0.4, -0.2) is 30.1 Å². The van der Waals surface area contributed by atoms with Crippen LogP contribution >= 0.6 is 11.3 Å². The first-order valence-electron chi connectivity index (χ1n) is 8.61. The molecule has 0 N–H and O–H groups in total. The van der Waals surface area contributed by atoms with Crippen LogP contribution < -0.4 is 4.90 Å². The number of ether oxygens (including phenoxy) is 1. The molecule has 4 rings (SSSR count). The van der Waals surface area contributed by atoms with E-state index in [4.69, 9.17) is 4.74 Å². The van der Waals surface area contributed by atoms with Gasteiger partial charge in [0.15, 0.2) is 5.13 Å². The minimum atomic E-state index is 0.0701. The molecule has 1 fully saturated rings. The molecule has 2 aromatic carbocycles. The van der Waals surface area contributed by atoms with Crippen LogP contribution in [0.15, 0.2) is 54.6 Å². The smallest absolute Gasteiger partial charge is 0.233 e. The highest BCUT2D eigenvalue weighted by Gasteiger charge is 2.26. The second-order valence-electron chi connectivity index (χ2n) is 6.27. The molecule has 128 valence electrons. The van der Waals surface area contributed by atoms with Crippen LogP contribution in [0.5, 0.6) is 0 Å². The second kappa shape index (κ2) is 7.33. The summed E-state index contributed by atoms with van der Waals surface area (Å²) in [5, 5.41) is 0.762. The number of para-hydroxylation sites is 1. The summed E-state index contributed by atoms with van der Waals surface area (Å²) in [5.41, 5.74) is 1.96. The van der Waals surface area contributed by atoms with Gasteiger partial charge in [-0.25, -0.2) is 4.98 Å². The highest BCUT2D eigenvalue weighted by molar-refractivity contribution is 7.22. The summed E-state index contributed by atoms with van der Waals surface area (Å²) in [6, 6.07) is 17.9. The van der Waals surface area contributed by atoms with Gasteiger partial charge in [-0.3, -0.25) is 9.69 Å². The van der Waals surface area contributed by atoms with E-state index >= 15 is 0 Å². The highest BCUT2D eigenvalue weighted by Crippen LogP contribution is 2.30. The summed E-state index contributed by atoms with van der Waals surface area (Å²) in [4.78, 5) is 19.5. The molecule has 1 amide bonds. The van der Waals surface area contributed by atoms with Crippen LogP contribution in [0.4, 0.5) is 5.13 Å². The SMILES string of the molecule is O=C(Cc1ccccc1)N(CC1CCCO1)c1nc2ccccc2s1. The minimum Gasteiger partial charge on any atom is -0.376 e. The number of carbonyl (C=O) groups is 1. The fraction of sp³-hybridized carbons (Fsp3) is 0.300. The van der Waals surface area contributed by atoms with Crippen LogP contribution in [0.1, 0.15) is 18.4 Å². The second-order valence-corrected chi connectivity index (χ2v) is 7.28. The lowest BCUT2D eigenvalue weighted by molar-refractivity contribution is -0.118. The fourth-order valence-corrected chi connectivity index (χ4v) is 4.11. The van der Waals surface area contributed by atoms with Crippen molar-refractivity contribution in [2.24, 2.45) is 0 Å². The molecule has 0 aliphatic carbocycles. The lowest BCUT2D eigenvalue weighted by atomic mass is 10.1. The summed E-state index contributed by atoms with van der Waals surface area (Å²) < 4.78 is 6.86. The number of benzene rings is 2. The van der Waals surface area contributed by atoms with Crippen molar-refractivity contribution in [3.63, 3.8) is 0 Å². The molecule has 3 aromatic rings. The maximum Gasteiger partial charge on any atom is 0.233 e. The molecule has 1 aliphatic heterocycles. The van der Waals surface area contributed by atoms with Crippen molar-refractivity contribution in [2.45, 2.75) is 25.4 Å². The molecule has 1 unspecified atom stereocenters. The normalized spacial score (nSPS) is 17.0. The maximum absolute atomic E-state index is 13.0. The Morgan fingerprint density at radius 2 is 1.96 bits per heavy atom. The van der Waals surface area contributed by atoms with E-state index in [9.17, 15) is 4.79 Å². The van der Waals surface area contributed by atoms with Crippen molar-refractivity contribution in [2.75, 3.05) is 18.1 Å². The van der Waals surface area contributed by atoms with E-state index in [2.05, 4.69) is 4.98 Å². The first kappa shape index (κ1) is 16.2. The third kappa shape index (κ3) is 3.72. The minimum absolute atomic E-state index is 0.0701. The Hall–Kier alpha value is -2.24. The Bertz CT molecular complexity index is 823. The number of anilines is 1. The van der Waals surface area contributed by atoms with E-state index in [1.165, 1.54) is 0 Å². The van der Waals surface area contributed by atoms with Crippen LogP contribution in [0.2, 0.25) is 0 Å². The fourth-order valence-electron chi connectivity index (χ4n) is 3.12. The highest BCUT2D eigenvalue weighted by atomic mass is 32.1. The number of rotatable bonds is 5. The van der Waals surface area contributed by atoms with Crippen molar-refractivity contribution in [1.82, 2.24) is 4.98 Å². The van der Waals surface area contributed by atoms with E-state index in [-0.39, 0.29) is 12.0 Å². The summed E-state index contributed by atoms with van der Waals surface area (Å²) in [6.07, 6.45) is 2.54. The van der Waals surface area contributed by atoms with Crippen molar-refractivity contribution >= 4 is 32.6 Å². The van der Waals surface area contributed by atoms with Gasteiger partial charge in [0.25, 0.3) is 0 Å². The van der Waals surface area contributed by atoms with Crippen LogP contribution in [0, 0.1) is 0 Å². The van der Waals surface area contributed by atoms with Gasteiger partial charge in [-0.2, -0.15) is 0 Å². The molecule has 1 saturated heterocycles. The standard InChI is InChI=1S/C20H20N2O2S/c23-19(13-15-7-2-1-3-8-15)22(14-16-9-6-12-24-16)20-21-17-10-4-5-11-18(17)25-20/h1-5,7-8,10-11,16H,6,9,12-14H2. The quantitative estimate of drug-likeness (QED) is 0.696. The predicted octanol–water partition coefficient (Wildman–Crippen LogP) is 4.05. The molecule has 1 aliphatic rings. The number of fused-ring (bicyclic) bond motifs is 1. The average molecular weight is 352 g/mol. The molecule has 5 heteroatoms. The Morgan fingerprint density at radius 3 is 2.72 bits per heavy atom. The lowest BCUT2D eigenvalue weighted by Crippen LogP contribution is -2.38. The van der Waals surface area contributed by atoms with Gasteiger partial charge in [0.05, 0.1) is 29.3 Å². The van der Waals surface area contributed by atoms with Gasteiger partial charge in [0, 0.05) is 6.61 Å². The van der Waals surface area contributed by atoms with Crippen molar-refractivity contribution < 1.29 is 9.53 Å². The molecule has 25 heavy (non-hydrogen) atoms. The monoisotopic (exact) mass is 352 g/mol. The van der Waals surface area contributed by atoms with Gasteiger partial charge < -0.3 is 4.74 Å². The zero-order valence-electron chi connectivity index (χ0n) is 13.9. The molecule has 2 heterocycles. The topological polar surface area (TPSA) is 42.4 Å². The summed E-state index contributed by atoms with van der Waals surface area (Å²) in [7, 11) is 0. The van der Waals surface area contributed by atoms with E-state index in [0.29, 0.717) is 13.0 Å². The molecule has 0 bridgehead atoms. The number of thiazole rings is 1. The number of aromatic nitrogens is 1. The number of carbonyl (C=O) groups excluding carboxylic acids is 1. The van der Waals surface area contributed by atoms with Crippen LogP contribution in [0.25, 0.3) is 10.2 Å². The third-order valence-corrected chi connectivity index (χ3v) is 5.48. The first-order valence-corrected chi connectivity index (χ1v) is 9.43. The van der Waals surface area contributed by atoms with Crippen molar-refractivity contribution in [3.8, 4) is 0 Å². The van der Waals surface area contributed by atoms with Gasteiger partial charge >= 0.3 is 0 Å². The number of amides is 1. The molecular weight excluding hydrogens is 332 g/mol. The van der Waals surface area contributed by atoms with Gasteiger partial charge in [-0.15, -0.1) is 0 Å². The molecule has 1 aromatic heterocycles. The molecule has 0 saturated carbocycles. The number of nitrogens with zero attached hydrogens (tertiary/aromatic N) is 2. The predicted molar refractivity (Wildman–Crippen MR) is 101 cm³/mol. The zero-order chi connectivity index (χ0) is 17.1. The van der Waals surface area contributed by atoms with Gasteiger partial charge in [0.1, 0.15) is 0 Å². The van der Waals surface area contributed by atoms with Crippen LogP contribution in [0.3, 0.4) is 0 Å². The lowest BCUT2D eigenvalue weighted by Gasteiger charge is -2.23. The number of hydrogen-bond acceptors (Lipinski definition) is 4. The number of hydrogen-bond donors (Lipinski definition) is 0. The molecule has 4 nitrogen and oxygen atoms in total. The first-order chi connectivity index (χ1) is 12.3. The largest absolute Gasteiger partial charge is 0.376 e.